The number of nitrogens with zero attached hydrogens (tertiary/aromatic N) is 2. The number of carbonyl (C=O) groups excluding carboxylic acids is 1. The molecular formula is C20H32ClN5O. The third-order valence-electron chi connectivity index (χ3n) is 4.82. The van der Waals surface area contributed by atoms with E-state index in [0.717, 1.165) is 25.6 Å². The predicted octanol–water partition coefficient (Wildman–Crippen LogP) is 2.35. The molecule has 0 saturated carbocycles. The lowest BCUT2D eigenvalue weighted by molar-refractivity contribution is 0.0955. The molecule has 7 heteroatoms. The van der Waals surface area contributed by atoms with Gasteiger partial charge in [0, 0.05) is 38.3 Å². The van der Waals surface area contributed by atoms with Crippen molar-refractivity contribution in [2.24, 2.45) is 10.9 Å². The minimum Gasteiger partial charge on any atom is -0.357 e. The lowest BCUT2D eigenvalue weighted by Crippen LogP contribution is -2.47. The highest BCUT2D eigenvalue weighted by molar-refractivity contribution is 6.33. The van der Waals surface area contributed by atoms with Crippen LogP contribution < -0.4 is 16.0 Å². The summed E-state index contributed by atoms with van der Waals surface area (Å²) in [6.07, 6.45) is 0. The number of carbonyl (C=O) groups is 1. The summed E-state index contributed by atoms with van der Waals surface area (Å²) in [5, 5.41) is 10.2. The Balaban J connectivity index is 1.85. The highest BCUT2D eigenvalue weighted by atomic mass is 35.5. The van der Waals surface area contributed by atoms with Crippen LogP contribution >= 0.6 is 11.6 Å². The average molecular weight is 394 g/mol. The fourth-order valence-corrected chi connectivity index (χ4v) is 3.41. The second-order valence-electron chi connectivity index (χ2n) is 7.27. The first kappa shape index (κ1) is 21.5. The van der Waals surface area contributed by atoms with Gasteiger partial charge in [-0.1, -0.05) is 30.7 Å². The van der Waals surface area contributed by atoms with Gasteiger partial charge in [-0.3, -0.25) is 14.7 Å². The number of halogens is 1. The van der Waals surface area contributed by atoms with Crippen molar-refractivity contribution >= 4 is 23.5 Å². The molecule has 1 aromatic rings. The molecule has 1 amide bonds. The van der Waals surface area contributed by atoms with Gasteiger partial charge in [-0.2, -0.15) is 0 Å². The monoisotopic (exact) mass is 393 g/mol. The Kier molecular flexibility index (Phi) is 8.38. The molecule has 0 aromatic heterocycles. The zero-order valence-electron chi connectivity index (χ0n) is 16.8. The summed E-state index contributed by atoms with van der Waals surface area (Å²) < 4.78 is 0. The van der Waals surface area contributed by atoms with Crippen molar-refractivity contribution in [2.45, 2.75) is 39.8 Å². The number of amides is 1. The van der Waals surface area contributed by atoms with Gasteiger partial charge in [0.25, 0.3) is 5.91 Å². The third kappa shape index (κ3) is 6.40. The summed E-state index contributed by atoms with van der Waals surface area (Å²) in [6.45, 7) is 12.7. The van der Waals surface area contributed by atoms with Gasteiger partial charge in [0.1, 0.15) is 0 Å². The smallest absolute Gasteiger partial charge is 0.252 e. The van der Waals surface area contributed by atoms with Crippen molar-refractivity contribution in [3.8, 4) is 0 Å². The molecule has 1 fully saturated rings. The van der Waals surface area contributed by atoms with Gasteiger partial charge in [0.15, 0.2) is 5.96 Å². The highest BCUT2D eigenvalue weighted by Crippen LogP contribution is 2.18. The number of benzene rings is 1. The minimum atomic E-state index is -0.175. The number of aliphatic imine (C=N–C) groups is 1. The number of hydrogen-bond acceptors (Lipinski definition) is 3. The zero-order chi connectivity index (χ0) is 19.8. The van der Waals surface area contributed by atoms with Crippen molar-refractivity contribution in [3.05, 3.63) is 34.9 Å². The second kappa shape index (κ2) is 10.5. The largest absolute Gasteiger partial charge is 0.357 e. The van der Waals surface area contributed by atoms with E-state index in [0.29, 0.717) is 41.7 Å². The maximum absolute atomic E-state index is 12.2. The van der Waals surface area contributed by atoms with Crippen LogP contribution in [0.4, 0.5) is 0 Å². The molecule has 0 bridgehead atoms. The molecule has 2 rings (SSSR count). The van der Waals surface area contributed by atoms with Gasteiger partial charge < -0.3 is 16.0 Å². The maximum atomic E-state index is 12.2. The first-order valence-electron chi connectivity index (χ1n) is 9.74. The number of rotatable bonds is 7. The number of hydrogen-bond donors (Lipinski definition) is 3. The molecule has 0 aliphatic carbocycles. The minimum absolute atomic E-state index is 0.175. The summed E-state index contributed by atoms with van der Waals surface area (Å²) >= 11 is 6.05. The van der Waals surface area contributed by atoms with Crippen LogP contribution in [0.3, 0.4) is 0 Å². The third-order valence-corrected chi connectivity index (χ3v) is 5.15. The molecule has 0 radical (unpaired) electrons. The van der Waals surface area contributed by atoms with Gasteiger partial charge in [0.2, 0.25) is 0 Å². The van der Waals surface area contributed by atoms with E-state index in [9.17, 15) is 4.79 Å². The van der Waals surface area contributed by atoms with E-state index in [-0.39, 0.29) is 5.91 Å². The van der Waals surface area contributed by atoms with Crippen molar-refractivity contribution in [2.75, 3.05) is 32.7 Å². The Morgan fingerprint density at radius 3 is 2.67 bits per heavy atom. The van der Waals surface area contributed by atoms with Crippen LogP contribution in [0, 0.1) is 5.92 Å². The van der Waals surface area contributed by atoms with Crippen LogP contribution in [0.25, 0.3) is 0 Å². The SMILES string of the molecule is CCNC(=NCCNC(=O)c1ccccc1Cl)NC1CN(C(C)C)CC1C. The zero-order valence-corrected chi connectivity index (χ0v) is 17.5. The molecule has 1 aromatic carbocycles. The summed E-state index contributed by atoms with van der Waals surface area (Å²) in [6, 6.07) is 7.97. The van der Waals surface area contributed by atoms with E-state index in [2.05, 4.69) is 53.5 Å². The molecule has 1 heterocycles. The molecule has 1 saturated heterocycles. The normalized spacial score (nSPS) is 20.7. The molecule has 2 atom stereocenters. The van der Waals surface area contributed by atoms with Crippen molar-refractivity contribution < 1.29 is 4.79 Å². The van der Waals surface area contributed by atoms with Crippen LogP contribution in [-0.2, 0) is 0 Å². The van der Waals surface area contributed by atoms with E-state index in [4.69, 9.17) is 11.6 Å². The average Bonchev–Trinajstić information content (AvgIpc) is 3.00. The van der Waals surface area contributed by atoms with Crippen LogP contribution in [0.1, 0.15) is 38.1 Å². The quantitative estimate of drug-likeness (QED) is 0.378. The van der Waals surface area contributed by atoms with Crippen LogP contribution in [-0.4, -0.2) is 61.6 Å². The number of nitrogens with one attached hydrogen (secondary N) is 3. The van der Waals surface area contributed by atoms with E-state index in [1.54, 1.807) is 18.2 Å². The summed E-state index contributed by atoms with van der Waals surface area (Å²) in [4.78, 5) is 19.3. The standard InChI is InChI=1S/C20H32ClN5O/c1-5-22-20(25-18-13-26(14(2)3)12-15(18)4)24-11-10-23-19(27)16-8-6-7-9-17(16)21/h6-9,14-15,18H,5,10-13H2,1-4H3,(H,23,27)(H2,22,24,25). The molecule has 3 N–H and O–H groups in total. The fourth-order valence-electron chi connectivity index (χ4n) is 3.19. The Morgan fingerprint density at radius 1 is 1.30 bits per heavy atom. The Bertz CT molecular complexity index is 649. The van der Waals surface area contributed by atoms with E-state index >= 15 is 0 Å². The summed E-state index contributed by atoms with van der Waals surface area (Å²) in [5.41, 5.74) is 0.488. The van der Waals surface area contributed by atoms with Crippen molar-refractivity contribution in [1.29, 1.82) is 0 Å². The summed E-state index contributed by atoms with van der Waals surface area (Å²) in [7, 11) is 0. The Labute approximate surface area is 167 Å². The summed E-state index contributed by atoms with van der Waals surface area (Å²) in [5.74, 6) is 1.19. The highest BCUT2D eigenvalue weighted by Gasteiger charge is 2.31. The van der Waals surface area contributed by atoms with Gasteiger partial charge in [-0.05, 0) is 38.8 Å². The van der Waals surface area contributed by atoms with Crippen LogP contribution in [0.2, 0.25) is 5.02 Å². The first-order chi connectivity index (χ1) is 12.9. The molecular weight excluding hydrogens is 362 g/mol. The molecule has 6 nitrogen and oxygen atoms in total. The van der Waals surface area contributed by atoms with Gasteiger partial charge in [-0.15, -0.1) is 0 Å². The molecule has 0 spiro atoms. The van der Waals surface area contributed by atoms with Crippen molar-refractivity contribution in [3.63, 3.8) is 0 Å². The topological polar surface area (TPSA) is 68.8 Å². The van der Waals surface area contributed by atoms with E-state index in [1.807, 2.05) is 6.07 Å². The van der Waals surface area contributed by atoms with E-state index < -0.39 is 0 Å². The second-order valence-corrected chi connectivity index (χ2v) is 7.68. The lowest BCUT2D eigenvalue weighted by atomic mass is 10.1. The molecule has 1 aliphatic heterocycles. The molecule has 1 aliphatic rings. The maximum Gasteiger partial charge on any atom is 0.252 e. The van der Waals surface area contributed by atoms with Gasteiger partial charge >= 0.3 is 0 Å². The molecule has 150 valence electrons. The van der Waals surface area contributed by atoms with Gasteiger partial charge in [-0.25, -0.2) is 0 Å². The Hall–Kier alpha value is -1.79. The van der Waals surface area contributed by atoms with E-state index in [1.165, 1.54) is 0 Å². The first-order valence-corrected chi connectivity index (χ1v) is 10.1. The number of guanidine groups is 1. The predicted molar refractivity (Wildman–Crippen MR) is 113 cm³/mol. The van der Waals surface area contributed by atoms with Crippen LogP contribution in [0.5, 0.6) is 0 Å². The number of likely N-dealkylation sites (tertiary alicyclic amines) is 1. The van der Waals surface area contributed by atoms with Crippen molar-refractivity contribution in [1.82, 2.24) is 20.9 Å². The fraction of sp³-hybridized carbons (Fsp3) is 0.600. The molecule has 27 heavy (non-hydrogen) atoms. The van der Waals surface area contributed by atoms with Crippen LogP contribution in [0.15, 0.2) is 29.3 Å². The van der Waals surface area contributed by atoms with Gasteiger partial charge in [0.05, 0.1) is 17.1 Å². The Morgan fingerprint density at radius 2 is 2.04 bits per heavy atom. The lowest BCUT2D eigenvalue weighted by Gasteiger charge is -2.22. The molecule has 2 unspecified atom stereocenters.